The second-order valence-electron chi connectivity index (χ2n) is 11.5. The van der Waals surface area contributed by atoms with Gasteiger partial charge in [0.1, 0.15) is 37.1 Å². The van der Waals surface area contributed by atoms with Crippen LogP contribution in [0.25, 0.3) is 5.65 Å². The summed E-state index contributed by atoms with van der Waals surface area (Å²) in [5, 5.41) is 26.0. The number of nitrogens with two attached hydrogens (primary N) is 1. The van der Waals surface area contributed by atoms with Gasteiger partial charge in [-0.2, -0.15) is 0 Å². The molecule has 7 rings (SSSR count). The fraction of sp³-hybridized carbons (Fsp3) is 0.367. The Morgan fingerprint density at radius 3 is 2.77 bits per heavy atom. The van der Waals surface area contributed by atoms with Crippen LogP contribution in [0.2, 0.25) is 0 Å². The van der Waals surface area contributed by atoms with Crippen LogP contribution in [0.4, 0.5) is 5.13 Å². The Hall–Kier alpha value is -4.48. The van der Waals surface area contributed by atoms with Crippen LogP contribution in [0.15, 0.2) is 57.9 Å². The first kappa shape index (κ1) is 31.1. The van der Waals surface area contributed by atoms with Crippen LogP contribution in [0.1, 0.15) is 35.4 Å². The molecule has 14 nitrogen and oxygen atoms in total. The molecule has 3 aliphatic rings. The van der Waals surface area contributed by atoms with Crippen LogP contribution in [-0.4, -0.2) is 89.6 Å². The fourth-order valence-electron chi connectivity index (χ4n) is 6.34. The third-order valence-corrected chi connectivity index (χ3v) is 11.6. The predicted molar refractivity (Wildman–Crippen MR) is 178 cm³/mol. The highest BCUT2D eigenvalue weighted by Gasteiger charge is 2.54. The number of hydrogen-bond acceptors (Lipinski definition) is 11. The molecule has 4 aromatic heterocycles. The predicted octanol–water partition coefficient (Wildman–Crippen LogP) is 2.48. The SMILES string of the molecule is CO/N=C(\C(=O)C[C@@H]1C(=O)N2C(C(=O)O)=C(Cn3ccc4n3cc[n+]4Cc3cc(C(=N)N4CCCC4)cs3)CS[C@H]12)c1csc(N)n1. The number of carbonyl (C=O) groups excluding carboxylic acids is 2. The highest BCUT2D eigenvalue weighted by Crippen LogP contribution is 2.45. The number of likely N-dealkylation sites (tertiary alicyclic amines) is 1. The number of Topliss-reactive ketones (excluding diaryl/α,β-unsaturated/α-hetero) is 1. The zero-order chi connectivity index (χ0) is 32.8. The number of aliphatic carboxylic acids is 1. The number of fused-ring (bicyclic) bond motifs is 2. The van der Waals surface area contributed by atoms with E-state index >= 15 is 0 Å². The molecule has 0 unspecified atom stereocenters. The molecule has 1 amide bonds. The Morgan fingerprint density at radius 1 is 1.23 bits per heavy atom. The molecule has 3 aliphatic heterocycles. The van der Waals surface area contributed by atoms with Gasteiger partial charge < -0.3 is 20.6 Å². The van der Waals surface area contributed by atoms with Crippen molar-refractivity contribution in [3.63, 3.8) is 0 Å². The van der Waals surface area contributed by atoms with E-state index in [1.807, 2.05) is 39.2 Å². The normalized spacial score (nSPS) is 19.8. The summed E-state index contributed by atoms with van der Waals surface area (Å²) in [7, 11) is 1.32. The monoisotopic (exact) mass is 694 g/mol. The number of thiazole rings is 1. The molecule has 0 radical (unpaired) electrons. The minimum absolute atomic E-state index is 0.0242. The van der Waals surface area contributed by atoms with Gasteiger partial charge in [-0.15, -0.1) is 39.0 Å². The number of carboxylic acids is 1. The van der Waals surface area contributed by atoms with Gasteiger partial charge >= 0.3 is 11.6 Å². The third-order valence-electron chi connectivity index (χ3n) is 8.59. The van der Waals surface area contributed by atoms with Gasteiger partial charge in [-0.1, -0.05) is 5.16 Å². The number of nitrogen functional groups attached to an aromatic ring is 1. The molecular formula is C30H32N9O5S3+. The van der Waals surface area contributed by atoms with Crippen molar-refractivity contribution in [2.45, 2.75) is 37.7 Å². The Kier molecular flexibility index (Phi) is 8.36. The number of carbonyl (C=O) groups is 3. The van der Waals surface area contributed by atoms with Gasteiger partial charge in [-0.3, -0.25) is 19.9 Å². The van der Waals surface area contributed by atoms with Crippen LogP contribution < -0.4 is 10.3 Å². The molecule has 0 bridgehead atoms. The van der Waals surface area contributed by atoms with E-state index in [9.17, 15) is 19.5 Å². The van der Waals surface area contributed by atoms with Crippen LogP contribution in [0, 0.1) is 11.3 Å². The van der Waals surface area contributed by atoms with Crippen molar-refractivity contribution in [2.75, 3.05) is 31.7 Å². The molecule has 0 aromatic carbocycles. The van der Waals surface area contributed by atoms with E-state index in [0.29, 0.717) is 23.7 Å². The van der Waals surface area contributed by atoms with Crippen LogP contribution in [0.5, 0.6) is 0 Å². The average Bonchev–Trinajstić information content (AvgIpc) is 3.90. The quantitative estimate of drug-likeness (QED) is 0.0700. The van der Waals surface area contributed by atoms with E-state index < -0.39 is 29.0 Å². The second-order valence-corrected chi connectivity index (χ2v) is 14.5. The van der Waals surface area contributed by atoms with Crippen molar-refractivity contribution < 1.29 is 28.9 Å². The first-order valence-corrected chi connectivity index (χ1v) is 17.8. The topological polar surface area (TPSA) is 175 Å². The van der Waals surface area contributed by atoms with Crippen LogP contribution in [0.3, 0.4) is 0 Å². The number of thiophene rings is 1. The molecule has 7 heterocycles. The summed E-state index contributed by atoms with van der Waals surface area (Å²) < 4.78 is 6.00. The first-order valence-electron chi connectivity index (χ1n) is 15.0. The first-order chi connectivity index (χ1) is 22.7. The number of nitrogens with one attached hydrogen (secondary N) is 1. The van der Waals surface area contributed by atoms with E-state index in [0.717, 1.165) is 53.4 Å². The Labute approximate surface area is 281 Å². The van der Waals surface area contributed by atoms with E-state index in [4.69, 9.17) is 16.0 Å². The molecule has 47 heavy (non-hydrogen) atoms. The molecule has 2 saturated heterocycles. The zero-order valence-corrected chi connectivity index (χ0v) is 27.8. The third kappa shape index (κ3) is 5.72. The number of carboxylic acid groups (broad SMARTS) is 1. The van der Waals surface area contributed by atoms with E-state index in [1.165, 1.54) is 23.8 Å². The second kappa shape index (κ2) is 12.6. The van der Waals surface area contributed by atoms with E-state index in [1.54, 1.807) is 16.7 Å². The summed E-state index contributed by atoms with van der Waals surface area (Å²) in [4.78, 5) is 52.6. The molecule has 2 atom stereocenters. The van der Waals surface area contributed by atoms with Gasteiger partial charge in [-0.05, 0) is 24.5 Å². The zero-order valence-electron chi connectivity index (χ0n) is 25.4. The maximum Gasteiger partial charge on any atom is 0.352 e. The minimum Gasteiger partial charge on any atom is -0.477 e. The van der Waals surface area contributed by atoms with Crippen molar-refractivity contribution in [2.24, 2.45) is 11.1 Å². The van der Waals surface area contributed by atoms with E-state index in [-0.39, 0.29) is 35.2 Å². The van der Waals surface area contributed by atoms with Crippen molar-refractivity contribution in [1.29, 1.82) is 5.41 Å². The van der Waals surface area contributed by atoms with Gasteiger partial charge in [-0.25, -0.2) is 19.0 Å². The van der Waals surface area contributed by atoms with Gasteiger partial charge in [0, 0.05) is 46.5 Å². The Morgan fingerprint density at radius 2 is 2.04 bits per heavy atom. The summed E-state index contributed by atoms with van der Waals surface area (Å²) in [5.41, 5.74) is 8.42. The van der Waals surface area contributed by atoms with Crippen molar-refractivity contribution in [3.8, 4) is 0 Å². The number of aromatic nitrogens is 4. The highest BCUT2D eigenvalue weighted by molar-refractivity contribution is 8.00. The number of amidine groups is 1. The number of thioether (sulfide) groups is 1. The number of nitrogens with zero attached hydrogens (tertiary/aromatic N) is 7. The van der Waals surface area contributed by atoms with Crippen molar-refractivity contribution >= 4 is 74.4 Å². The lowest BCUT2D eigenvalue weighted by Gasteiger charge is -2.49. The number of ketones is 1. The average molecular weight is 695 g/mol. The molecule has 244 valence electrons. The van der Waals surface area contributed by atoms with E-state index in [2.05, 4.69) is 25.7 Å². The smallest absolute Gasteiger partial charge is 0.352 e. The maximum atomic E-state index is 13.4. The molecule has 4 N–H and O–H groups in total. The highest BCUT2D eigenvalue weighted by atomic mass is 32.2. The van der Waals surface area contributed by atoms with Gasteiger partial charge in [0.2, 0.25) is 5.91 Å². The van der Waals surface area contributed by atoms with Gasteiger partial charge in [0.05, 0.1) is 30.1 Å². The molecule has 4 aromatic rings. The van der Waals surface area contributed by atoms with Crippen LogP contribution >= 0.6 is 34.4 Å². The molecule has 0 aliphatic carbocycles. The summed E-state index contributed by atoms with van der Waals surface area (Å²) in [6, 6.07) is 4.07. The largest absolute Gasteiger partial charge is 0.477 e. The molecule has 17 heteroatoms. The minimum atomic E-state index is -1.18. The van der Waals surface area contributed by atoms with Crippen LogP contribution in [-0.2, 0) is 32.3 Å². The Bertz CT molecular complexity index is 1960. The van der Waals surface area contributed by atoms with Crippen molar-refractivity contribution in [1.82, 2.24) is 24.0 Å². The molecule has 0 spiro atoms. The summed E-state index contributed by atoms with van der Waals surface area (Å²) in [5.74, 6) is -1.74. The molecule has 2 fully saturated rings. The summed E-state index contributed by atoms with van der Waals surface area (Å²) >= 11 is 4.25. The standard InChI is InChI=1S/C30H31N9O5S3/c1-44-34-24(21-16-47-30(32)33-21)22(40)11-20-27(41)39-25(29(42)43)18(15-46-28(20)39)12-37-7-4-23-36(8-9-38(23)37)13-19-10-17(14-45-19)26(31)35-5-2-3-6-35/h4,7-10,14,16,20,28,31H,2-3,5-6,11-13,15H2,1H3,(H2-,32,33,42,43)/p+1/b31-26?,34-24-/t20-,28-/m1/s1. The number of anilines is 1. The maximum absolute atomic E-state index is 13.4. The number of β-lactam (4-membered cyclic amide) rings is 1. The molecule has 0 saturated carbocycles. The number of oxime groups is 1. The number of amides is 1. The Balaban J connectivity index is 1.06. The lowest BCUT2D eigenvalue weighted by molar-refractivity contribution is -0.661. The fourth-order valence-corrected chi connectivity index (χ4v) is 9.16. The lowest BCUT2D eigenvalue weighted by Crippen LogP contribution is -2.62. The van der Waals surface area contributed by atoms with Gasteiger partial charge in [0.25, 0.3) is 0 Å². The number of imidazole rings is 1. The molecular weight excluding hydrogens is 663 g/mol. The lowest BCUT2D eigenvalue weighted by atomic mass is 9.89. The van der Waals surface area contributed by atoms with Crippen molar-refractivity contribution in [3.05, 3.63) is 68.9 Å². The summed E-state index contributed by atoms with van der Waals surface area (Å²) in [6.45, 7) is 2.80. The summed E-state index contributed by atoms with van der Waals surface area (Å²) in [6.07, 6.45) is 7.93. The number of hydrogen-bond donors (Lipinski definition) is 3. The van der Waals surface area contributed by atoms with Gasteiger partial charge in [0.15, 0.2) is 22.8 Å². The number of rotatable bonds is 11.